The van der Waals surface area contributed by atoms with Crippen molar-refractivity contribution in [1.82, 2.24) is 19.4 Å². The second kappa shape index (κ2) is 10.1. The fraction of sp³-hybridized carbons (Fsp3) is 0.200. The molecule has 0 aliphatic carbocycles. The lowest BCUT2D eigenvalue weighted by atomic mass is 10.1. The number of pyridine rings is 1. The van der Waals surface area contributed by atoms with Crippen molar-refractivity contribution in [3.05, 3.63) is 101 Å². The van der Waals surface area contributed by atoms with Gasteiger partial charge >= 0.3 is 0 Å². The molecular weight excluding hydrogens is 452 g/mol. The van der Waals surface area contributed by atoms with Crippen molar-refractivity contribution in [2.45, 2.75) is 25.8 Å². The van der Waals surface area contributed by atoms with E-state index in [1.165, 1.54) is 7.05 Å². The predicted octanol–water partition coefficient (Wildman–Crippen LogP) is 3.20. The quantitative estimate of drug-likeness (QED) is 0.385. The molecule has 0 radical (unpaired) electrons. The third-order valence-electron chi connectivity index (χ3n) is 5.28. The van der Waals surface area contributed by atoms with Crippen LogP contribution < -0.4 is 14.8 Å². The maximum absolute atomic E-state index is 12.6. The Morgan fingerprint density at radius 2 is 1.79 bits per heavy atom. The van der Waals surface area contributed by atoms with Gasteiger partial charge in [0.1, 0.15) is 18.0 Å². The lowest BCUT2D eigenvalue weighted by molar-refractivity contribution is 0.0950. The molecule has 0 unspecified atom stereocenters. The number of rotatable bonds is 9. The van der Waals surface area contributed by atoms with Crippen LogP contribution in [0.4, 0.5) is 0 Å². The predicted molar refractivity (Wildman–Crippen MR) is 130 cm³/mol. The van der Waals surface area contributed by atoms with Gasteiger partial charge < -0.3 is 14.5 Å². The van der Waals surface area contributed by atoms with Crippen molar-refractivity contribution in [2.75, 3.05) is 7.05 Å². The number of hydrogen-bond acceptors (Lipinski definition) is 5. The van der Waals surface area contributed by atoms with E-state index in [-0.39, 0.29) is 11.7 Å². The highest BCUT2D eigenvalue weighted by Gasteiger charge is 2.10. The lowest BCUT2D eigenvalue weighted by Crippen LogP contribution is -2.23. The van der Waals surface area contributed by atoms with Gasteiger partial charge in [0, 0.05) is 24.5 Å². The van der Waals surface area contributed by atoms with E-state index in [1.54, 1.807) is 48.5 Å². The first-order valence-electron chi connectivity index (χ1n) is 10.8. The van der Waals surface area contributed by atoms with Crippen LogP contribution in [0.2, 0.25) is 0 Å². The molecule has 0 spiro atoms. The van der Waals surface area contributed by atoms with Crippen LogP contribution in [-0.4, -0.2) is 30.8 Å². The Labute approximate surface area is 198 Å². The number of carbonyl (C=O) groups excluding carboxylic acids is 1. The van der Waals surface area contributed by atoms with E-state index in [4.69, 9.17) is 4.74 Å². The van der Waals surface area contributed by atoms with Gasteiger partial charge in [0.05, 0.1) is 11.4 Å². The molecule has 0 saturated carbocycles. The van der Waals surface area contributed by atoms with Crippen molar-refractivity contribution in [3.63, 3.8) is 0 Å². The molecule has 0 aliphatic rings. The zero-order valence-electron chi connectivity index (χ0n) is 19.0. The number of benzene rings is 2. The Kier molecular flexibility index (Phi) is 6.95. The van der Waals surface area contributed by atoms with Crippen LogP contribution >= 0.6 is 0 Å². The standard InChI is InChI=1S/C25H26N4O4S/c1-18-6-11-24-28-22(15-29(24)14-18)16-33-23-5-3-4-21(12-23)25(30)27-13-19-7-9-20(10-8-19)17-34(31,32)26-2/h3-12,14-15,26H,13,16-17H2,1-2H3,(H,27,30). The number of aromatic nitrogens is 2. The minimum Gasteiger partial charge on any atom is -0.487 e. The summed E-state index contributed by atoms with van der Waals surface area (Å²) < 4.78 is 33.4. The smallest absolute Gasteiger partial charge is 0.251 e. The fourth-order valence-electron chi connectivity index (χ4n) is 3.44. The number of aryl methyl sites for hydroxylation is 1. The molecule has 2 aromatic carbocycles. The van der Waals surface area contributed by atoms with E-state index in [2.05, 4.69) is 15.0 Å². The molecule has 0 fully saturated rings. The summed E-state index contributed by atoms with van der Waals surface area (Å²) >= 11 is 0. The monoisotopic (exact) mass is 478 g/mol. The number of hydrogen-bond donors (Lipinski definition) is 2. The van der Waals surface area contributed by atoms with Gasteiger partial charge in [0.25, 0.3) is 5.91 Å². The highest BCUT2D eigenvalue weighted by atomic mass is 32.2. The Morgan fingerprint density at radius 3 is 2.56 bits per heavy atom. The van der Waals surface area contributed by atoms with Gasteiger partial charge in [-0.3, -0.25) is 4.79 Å². The number of carbonyl (C=O) groups is 1. The molecule has 0 aliphatic heterocycles. The average molecular weight is 479 g/mol. The van der Waals surface area contributed by atoms with E-state index >= 15 is 0 Å². The summed E-state index contributed by atoms with van der Waals surface area (Å²) in [5.74, 6) is 0.267. The van der Waals surface area contributed by atoms with Crippen LogP contribution in [-0.2, 0) is 28.9 Å². The summed E-state index contributed by atoms with van der Waals surface area (Å²) in [6.07, 6.45) is 3.94. The first-order valence-corrected chi connectivity index (χ1v) is 12.4. The zero-order valence-corrected chi connectivity index (χ0v) is 19.8. The van der Waals surface area contributed by atoms with Crippen LogP contribution in [0.1, 0.15) is 32.7 Å². The largest absolute Gasteiger partial charge is 0.487 e. The summed E-state index contributed by atoms with van der Waals surface area (Å²) in [7, 11) is -1.93. The Bertz CT molecular complexity index is 1410. The van der Waals surface area contributed by atoms with E-state index in [1.807, 2.05) is 35.9 Å². The molecule has 0 saturated heterocycles. The molecule has 2 N–H and O–H groups in total. The van der Waals surface area contributed by atoms with Gasteiger partial charge in [-0.15, -0.1) is 0 Å². The second-order valence-electron chi connectivity index (χ2n) is 7.98. The minimum absolute atomic E-state index is 0.0858. The first-order chi connectivity index (χ1) is 16.3. The third kappa shape index (κ3) is 6.00. The maximum atomic E-state index is 12.6. The lowest BCUT2D eigenvalue weighted by Gasteiger charge is -2.09. The SMILES string of the molecule is CNS(=O)(=O)Cc1ccc(CNC(=O)c2cccc(OCc3cn4cc(C)ccc4n3)c2)cc1. The van der Waals surface area contributed by atoms with E-state index < -0.39 is 10.0 Å². The molecule has 8 nitrogen and oxygen atoms in total. The summed E-state index contributed by atoms with van der Waals surface area (Å²) in [4.78, 5) is 17.2. The number of imidazole rings is 1. The number of ether oxygens (including phenoxy) is 1. The van der Waals surface area contributed by atoms with Crippen LogP contribution in [0.5, 0.6) is 5.75 Å². The average Bonchev–Trinajstić information content (AvgIpc) is 3.24. The van der Waals surface area contributed by atoms with Gasteiger partial charge in [-0.05, 0) is 54.9 Å². The summed E-state index contributed by atoms with van der Waals surface area (Å²) in [6, 6.07) is 18.1. The molecule has 34 heavy (non-hydrogen) atoms. The van der Waals surface area contributed by atoms with Gasteiger partial charge in [-0.2, -0.15) is 0 Å². The van der Waals surface area contributed by atoms with Crippen molar-refractivity contribution in [2.24, 2.45) is 0 Å². The highest BCUT2D eigenvalue weighted by molar-refractivity contribution is 7.88. The summed E-state index contributed by atoms with van der Waals surface area (Å²) in [5, 5.41) is 2.88. The molecule has 1 amide bonds. The number of nitrogens with zero attached hydrogens (tertiary/aromatic N) is 2. The van der Waals surface area contributed by atoms with Crippen molar-refractivity contribution in [1.29, 1.82) is 0 Å². The molecule has 9 heteroatoms. The van der Waals surface area contributed by atoms with Gasteiger partial charge in [-0.25, -0.2) is 18.1 Å². The summed E-state index contributed by atoms with van der Waals surface area (Å²) in [5.41, 5.74) is 4.83. The topological polar surface area (TPSA) is 102 Å². The van der Waals surface area contributed by atoms with E-state index in [9.17, 15) is 13.2 Å². The van der Waals surface area contributed by atoms with Crippen LogP contribution in [0, 0.1) is 6.92 Å². The zero-order chi connectivity index (χ0) is 24.1. The minimum atomic E-state index is -3.32. The second-order valence-corrected chi connectivity index (χ2v) is 9.91. The molecular formula is C25H26N4O4S. The van der Waals surface area contributed by atoms with Crippen molar-refractivity contribution in [3.8, 4) is 5.75 Å². The molecule has 2 heterocycles. The Morgan fingerprint density at radius 1 is 1.03 bits per heavy atom. The van der Waals surface area contributed by atoms with Gasteiger partial charge in [0.2, 0.25) is 10.0 Å². The van der Waals surface area contributed by atoms with Crippen LogP contribution in [0.25, 0.3) is 5.65 Å². The maximum Gasteiger partial charge on any atom is 0.251 e. The molecule has 176 valence electrons. The number of nitrogens with one attached hydrogen (secondary N) is 2. The van der Waals surface area contributed by atoms with Gasteiger partial charge in [-0.1, -0.05) is 36.4 Å². The van der Waals surface area contributed by atoms with E-state index in [0.717, 1.165) is 22.5 Å². The fourth-order valence-corrected chi connectivity index (χ4v) is 4.21. The van der Waals surface area contributed by atoms with Crippen LogP contribution in [0.15, 0.2) is 73.1 Å². The Balaban J connectivity index is 1.33. The summed E-state index contributed by atoms with van der Waals surface area (Å²) in [6.45, 7) is 2.64. The van der Waals surface area contributed by atoms with Crippen LogP contribution in [0.3, 0.4) is 0 Å². The third-order valence-corrected chi connectivity index (χ3v) is 6.61. The molecule has 0 bridgehead atoms. The normalized spacial score (nSPS) is 11.5. The highest BCUT2D eigenvalue weighted by Crippen LogP contribution is 2.16. The van der Waals surface area contributed by atoms with Gasteiger partial charge in [0.15, 0.2) is 0 Å². The first kappa shape index (κ1) is 23.5. The molecule has 4 rings (SSSR count). The van der Waals surface area contributed by atoms with E-state index in [0.29, 0.717) is 30.0 Å². The van der Waals surface area contributed by atoms with Crippen molar-refractivity contribution >= 4 is 21.6 Å². The number of amides is 1. The Hall–Kier alpha value is -3.69. The molecule has 2 aromatic heterocycles. The van der Waals surface area contributed by atoms with Crippen molar-refractivity contribution < 1.29 is 17.9 Å². The molecule has 4 aromatic rings. The number of fused-ring (bicyclic) bond motifs is 1. The molecule has 0 atom stereocenters. The number of sulfonamides is 1.